The Hall–Kier alpha value is -2.61. The highest BCUT2D eigenvalue weighted by atomic mass is 32.2. The average molecular weight is 425 g/mol. The number of allylic oxidation sites excluding steroid dienone is 1. The van der Waals surface area contributed by atoms with Crippen LogP contribution in [-0.2, 0) is 9.59 Å². The number of carbonyl (C=O) groups is 2. The van der Waals surface area contributed by atoms with Crippen molar-refractivity contribution < 1.29 is 14.3 Å². The summed E-state index contributed by atoms with van der Waals surface area (Å²) in [5.74, 6) is 1.05. The molecule has 1 N–H and O–H groups in total. The fourth-order valence-electron chi connectivity index (χ4n) is 4.05. The third-order valence-corrected chi connectivity index (χ3v) is 6.95. The number of nitrogens with zero attached hydrogens (tertiary/aromatic N) is 3. The Morgan fingerprint density at radius 2 is 2.13 bits per heavy atom. The highest BCUT2D eigenvalue weighted by Crippen LogP contribution is 2.37. The van der Waals surface area contributed by atoms with Gasteiger partial charge in [0.05, 0.1) is 18.7 Å². The minimum absolute atomic E-state index is 0.0820. The maximum Gasteiger partial charge on any atom is 0.268 e. The molecule has 1 aliphatic carbocycles. The van der Waals surface area contributed by atoms with Crippen LogP contribution in [0.15, 0.2) is 39.7 Å². The third kappa shape index (κ3) is 3.76. The minimum Gasteiger partial charge on any atom is -0.497 e. The Labute approximate surface area is 179 Å². The molecule has 2 fully saturated rings. The maximum absolute atomic E-state index is 12.7. The molecule has 1 saturated carbocycles. The number of fused-ring (bicyclic) bond motifs is 1. The van der Waals surface area contributed by atoms with Crippen LogP contribution in [0.3, 0.4) is 0 Å². The van der Waals surface area contributed by atoms with Crippen molar-refractivity contribution in [2.45, 2.75) is 37.0 Å². The lowest BCUT2D eigenvalue weighted by molar-refractivity contribution is -0.126. The van der Waals surface area contributed by atoms with Crippen molar-refractivity contribution in [3.05, 3.63) is 35.2 Å². The Morgan fingerprint density at radius 1 is 1.27 bits per heavy atom. The number of methoxy groups -OCH3 is 1. The van der Waals surface area contributed by atoms with Crippen molar-refractivity contribution >= 4 is 40.8 Å². The number of hydrogen-bond donors (Lipinski definition) is 1. The standard InChI is InChI=1S/C22H24N4O3S/c1-29-16-6-2-4-13(10-16)17-12-30-19-18(17)24-22(25-21(19)28)26-9-3-5-14(11-26)20(27)23-15-7-8-15/h2,4,6,10,12,14-15,19H,3,5,7-9,11H2,1H3,(H,23,27). The molecule has 4 aliphatic rings. The van der Waals surface area contributed by atoms with Gasteiger partial charge in [-0.3, -0.25) is 9.59 Å². The van der Waals surface area contributed by atoms with Crippen LogP contribution in [0.4, 0.5) is 0 Å². The lowest BCUT2D eigenvalue weighted by atomic mass is 9.97. The number of amides is 2. The summed E-state index contributed by atoms with van der Waals surface area (Å²) in [5.41, 5.74) is 2.65. The number of hydrogen-bond acceptors (Lipinski definition) is 6. The first kappa shape index (κ1) is 19.4. The molecular weight excluding hydrogens is 400 g/mol. The van der Waals surface area contributed by atoms with Crippen LogP contribution in [0.2, 0.25) is 0 Å². The van der Waals surface area contributed by atoms with E-state index in [1.807, 2.05) is 34.6 Å². The van der Waals surface area contributed by atoms with Gasteiger partial charge in [-0.2, -0.15) is 4.99 Å². The largest absolute Gasteiger partial charge is 0.497 e. The summed E-state index contributed by atoms with van der Waals surface area (Å²) < 4.78 is 5.34. The topological polar surface area (TPSA) is 83.4 Å². The molecule has 8 heteroatoms. The summed E-state index contributed by atoms with van der Waals surface area (Å²) in [5, 5.41) is 4.69. The normalized spacial score (nSPS) is 25.8. The average Bonchev–Trinajstić information content (AvgIpc) is 3.48. The summed E-state index contributed by atoms with van der Waals surface area (Å²) in [6.45, 7) is 1.31. The zero-order chi connectivity index (χ0) is 20.7. The SMILES string of the molecule is COc1cccc(C2=CSC3C(=O)N=C(N4CCCC(C(=O)NC5CC5)C4)N=C23)c1. The van der Waals surface area contributed by atoms with Gasteiger partial charge in [0.25, 0.3) is 5.91 Å². The molecule has 1 saturated heterocycles. The van der Waals surface area contributed by atoms with Gasteiger partial charge in [0.15, 0.2) is 0 Å². The quantitative estimate of drug-likeness (QED) is 0.803. The summed E-state index contributed by atoms with van der Waals surface area (Å²) in [7, 11) is 1.64. The van der Waals surface area contributed by atoms with E-state index in [2.05, 4.69) is 10.3 Å². The maximum atomic E-state index is 12.7. The molecule has 2 unspecified atom stereocenters. The number of aliphatic imine (C=N–C) groups is 2. The van der Waals surface area contributed by atoms with Gasteiger partial charge in [0.1, 0.15) is 11.0 Å². The smallest absolute Gasteiger partial charge is 0.268 e. The molecule has 0 spiro atoms. The third-order valence-electron chi connectivity index (χ3n) is 5.88. The van der Waals surface area contributed by atoms with Crippen molar-refractivity contribution in [1.29, 1.82) is 0 Å². The van der Waals surface area contributed by atoms with Gasteiger partial charge in [-0.1, -0.05) is 12.1 Å². The summed E-state index contributed by atoms with van der Waals surface area (Å²) in [6.07, 6.45) is 3.91. The van der Waals surface area contributed by atoms with Gasteiger partial charge in [-0.15, -0.1) is 11.8 Å². The second-order valence-electron chi connectivity index (χ2n) is 8.09. The number of ether oxygens (including phenoxy) is 1. The zero-order valence-electron chi connectivity index (χ0n) is 16.8. The first-order chi connectivity index (χ1) is 14.6. The number of thioether (sulfide) groups is 1. The van der Waals surface area contributed by atoms with Gasteiger partial charge in [0.2, 0.25) is 11.9 Å². The predicted molar refractivity (Wildman–Crippen MR) is 118 cm³/mol. The number of piperidine rings is 1. The minimum atomic E-state index is -0.395. The van der Waals surface area contributed by atoms with Crippen LogP contribution in [0.25, 0.3) is 5.57 Å². The Morgan fingerprint density at radius 3 is 2.93 bits per heavy atom. The molecule has 156 valence electrons. The zero-order valence-corrected chi connectivity index (χ0v) is 17.7. The molecule has 5 rings (SSSR count). The Bertz CT molecular complexity index is 982. The first-order valence-corrected chi connectivity index (χ1v) is 11.3. The molecule has 2 atom stereocenters. The number of benzene rings is 1. The van der Waals surface area contributed by atoms with Crippen LogP contribution >= 0.6 is 11.8 Å². The van der Waals surface area contributed by atoms with Gasteiger partial charge in [0, 0.05) is 24.7 Å². The highest BCUT2D eigenvalue weighted by molar-refractivity contribution is 8.05. The van der Waals surface area contributed by atoms with Gasteiger partial charge in [-0.05, 0) is 48.8 Å². The second kappa shape index (κ2) is 7.91. The summed E-state index contributed by atoms with van der Waals surface area (Å²) in [6, 6.07) is 8.13. The number of carbonyl (C=O) groups excluding carboxylic acids is 2. The van der Waals surface area contributed by atoms with E-state index < -0.39 is 5.25 Å². The first-order valence-electron chi connectivity index (χ1n) is 10.4. The van der Waals surface area contributed by atoms with E-state index in [-0.39, 0.29) is 17.7 Å². The molecule has 1 aromatic rings. The lowest BCUT2D eigenvalue weighted by Crippen LogP contribution is -2.47. The second-order valence-corrected chi connectivity index (χ2v) is 9.07. The molecule has 3 heterocycles. The van der Waals surface area contributed by atoms with Crippen molar-refractivity contribution in [3.63, 3.8) is 0 Å². The van der Waals surface area contributed by atoms with Gasteiger partial charge >= 0.3 is 0 Å². The number of nitrogens with one attached hydrogen (secondary N) is 1. The molecule has 30 heavy (non-hydrogen) atoms. The fourth-order valence-corrected chi connectivity index (χ4v) is 5.06. The molecule has 0 bridgehead atoms. The summed E-state index contributed by atoms with van der Waals surface area (Å²) in [4.78, 5) is 36.3. The van der Waals surface area contributed by atoms with Crippen molar-refractivity contribution in [3.8, 4) is 5.75 Å². The van der Waals surface area contributed by atoms with E-state index in [9.17, 15) is 9.59 Å². The predicted octanol–water partition coefficient (Wildman–Crippen LogP) is 2.48. The number of guanidine groups is 1. The van der Waals surface area contributed by atoms with E-state index in [4.69, 9.17) is 9.73 Å². The molecule has 0 aromatic heterocycles. The van der Waals surface area contributed by atoms with E-state index in [1.54, 1.807) is 7.11 Å². The number of rotatable bonds is 4. The molecule has 3 aliphatic heterocycles. The van der Waals surface area contributed by atoms with Crippen LogP contribution in [0, 0.1) is 5.92 Å². The Kier molecular flexibility index (Phi) is 5.10. The van der Waals surface area contributed by atoms with Crippen LogP contribution in [0.5, 0.6) is 5.75 Å². The highest BCUT2D eigenvalue weighted by Gasteiger charge is 2.38. The van der Waals surface area contributed by atoms with Crippen LogP contribution in [0.1, 0.15) is 31.2 Å². The van der Waals surface area contributed by atoms with E-state index >= 15 is 0 Å². The monoisotopic (exact) mass is 424 g/mol. The molecular formula is C22H24N4O3S. The Balaban J connectivity index is 1.37. The van der Waals surface area contributed by atoms with Crippen molar-refractivity contribution in [1.82, 2.24) is 10.2 Å². The van der Waals surface area contributed by atoms with E-state index in [1.165, 1.54) is 11.8 Å². The lowest BCUT2D eigenvalue weighted by Gasteiger charge is -2.33. The van der Waals surface area contributed by atoms with E-state index in [0.29, 0.717) is 18.5 Å². The molecule has 2 amide bonds. The van der Waals surface area contributed by atoms with Crippen molar-refractivity contribution in [2.75, 3.05) is 20.2 Å². The summed E-state index contributed by atoms with van der Waals surface area (Å²) >= 11 is 1.45. The molecule has 1 aromatic carbocycles. The molecule has 0 radical (unpaired) electrons. The van der Waals surface area contributed by atoms with Gasteiger partial charge in [-0.25, -0.2) is 4.99 Å². The van der Waals surface area contributed by atoms with Crippen LogP contribution in [-0.4, -0.2) is 59.9 Å². The number of likely N-dealkylation sites (tertiary alicyclic amines) is 1. The fraction of sp³-hybridized carbons (Fsp3) is 0.455. The van der Waals surface area contributed by atoms with Gasteiger partial charge < -0.3 is 15.0 Å². The van der Waals surface area contributed by atoms with Crippen LogP contribution < -0.4 is 10.1 Å². The molecule has 7 nitrogen and oxygen atoms in total. The van der Waals surface area contributed by atoms with E-state index in [0.717, 1.165) is 54.8 Å². The van der Waals surface area contributed by atoms with Crippen molar-refractivity contribution in [2.24, 2.45) is 15.9 Å².